The number of rotatable bonds is 9. The van der Waals surface area contributed by atoms with E-state index in [1.165, 1.54) is 24.6 Å². The summed E-state index contributed by atoms with van der Waals surface area (Å²) in [5, 5.41) is 11.2. The Labute approximate surface area is 162 Å². The van der Waals surface area contributed by atoms with Crippen molar-refractivity contribution in [2.24, 2.45) is 0 Å². The Hall–Kier alpha value is -1.05. The van der Waals surface area contributed by atoms with Gasteiger partial charge in [-0.05, 0) is 30.9 Å². The molecule has 0 bridgehead atoms. The number of carbonyl (C=O) groups is 1. The fraction of sp³-hybridized carbons (Fsp3) is 0.500. The fourth-order valence-corrected chi connectivity index (χ4v) is 5.48. The molecule has 0 aliphatic heterocycles. The number of thioether (sulfide) groups is 2. The maximum atomic E-state index is 12.5. The van der Waals surface area contributed by atoms with Crippen LogP contribution >= 0.6 is 34.9 Å². The van der Waals surface area contributed by atoms with Crippen LogP contribution in [0, 0.1) is 0 Å². The average Bonchev–Trinajstić information content (AvgIpc) is 3.02. The van der Waals surface area contributed by atoms with Gasteiger partial charge in [-0.15, -0.1) is 10.2 Å². The maximum Gasteiger partial charge on any atom is 0.237 e. The first-order valence-corrected chi connectivity index (χ1v) is 11.2. The van der Waals surface area contributed by atoms with Gasteiger partial charge in [0.25, 0.3) is 0 Å². The molecule has 1 amide bonds. The number of benzene rings is 1. The number of para-hydroxylation sites is 1. The summed E-state index contributed by atoms with van der Waals surface area (Å²) in [4.78, 5) is 12.5. The lowest BCUT2D eigenvalue weighted by Gasteiger charge is -2.15. The zero-order valence-electron chi connectivity index (χ0n) is 15.1. The maximum absolute atomic E-state index is 12.5. The molecule has 2 aromatic rings. The summed E-state index contributed by atoms with van der Waals surface area (Å²) >= 11 is 4.77. The minimum Gasteiger partial charge on any atom is -0.325 e. The highest BCUT2D eigenvalue weighted by Gasteiger charge is 2.19. The minimum atomic E-state index is -0.221. The van der Waals surface area contributed by atoms with E-state index in [0.29, 0.717) is 5.92 Å². The molecule has 0 aliphatic carbocycles. The third-order valence-electron chi connectivity index (χ3n) is 3.60. The Morgan fingerprint density at radius 3 is 2.64 bits per heavy atom. The van der Waals surface area contributed by atoms with Gasteiger partial charge in [-0.1, -0.05) is 80.3 Å². The van der Waals surface area contributed by atoms with Crippen molar-refractivity contribution in [3.05, 3.63) is 29.8 Å². The van der Waals surface area contributed by atoms with Gasteiger partial charge in [-0.3, -0.25) is 4.79 Å². The van der Waals surface area contributed by atoms with Crippen molar-refractivity contribution >= 4 is 46.5 Å². The summed E-state index contributed by atoms with van der Waals surface area (Å²) in [6, 6.07) is 7.96. The molecule has 25 heavy (non-hydrogen) atoms. The first kappa shape index (κ1) is 20.3. The van der Waals surface area contributed by atoms with Crippen LogP contribution < -0.4 is 5.32 Å². The Morgan fingerprint density at radius 1 is 1.20 bits per heavy atom. The van der Waals surface area contributed by atoms with Crippen molar-refractivity contribution in [3.63, 3.8) is 0 Å². The normalized spacial score (nSPS) is 12.4. The topological polar surface area (TPSA) is 54.9 Å². The van der Waals surface area contributed by atoms with E-state index in [-0.39, 0.29) is 11.2 Å². The smallest absolute Gasteiger partial charge is 0.237 e. The molecule has 0 saturated heterocycles. The number of amides is 1. The molecule has 0 radical (unpaired) electrons. The Morgan fingerprint density at radius 2 is 1.92 bits per heavy atom. The molecule has 1 aromatic carbocycles. The van der Waals surface area contributed by atoms with Crippen molar-refractivity contribution in [1.82, 2.24) is 10.2 Å². The molecule has 0 saturated carbocycles. The van der Waals surface area contributed by atoms with E-state index in [4.69, 9.17) is 0 Å². The number of hydrogen-bond acceptors (Lipinski definition) is 6. The summed E-state index contributed by atoms with van der Waals surface area (Å²) in [5.41, 5.74) is 2.04. The highest BCUT2D eigenvalue weighted by atomic mass is 32.2. The van der Waals surface area contributed by atoms with Crippen LogP contribution in [-0.2, 0) is 4.79 Å². The molecule has 0 spiro atoms. The Kier molecular flexibility index (Phi) is 8.26. The minimum absolute atomic E-state index is 0.00603. The van der Waals surface area contributed by atoms with E-state index >= 15 is 0 Å². The largest absolute Gasteiger partial charge is 0.325 e. The van der Waals surface area contributed by atoms with E-state index < -0.39 is 0 Å². The van der Waals surface area contributed by atoms with Crippen LogP contribution in [0.15, 0.2) is 32.9 Å². The number of unbranched alkanes of at least 4 members (excludes halogenated alkanes) is 1. The number of nitrogens with one attached hydrogen (secondary N) is 1. The number of nitrogens with zero attached hydrogens (tertiary/aromatic N) is 2. The molecular formula is C18H25N3OS3. The molecule has 4 nitrogen and oxygen atoms in total. The highest BCUT2D eigenvalue weighted by molar-refractivity contribution is 8.03. The SMILES string of the molecule is CCCCSc1nnc(SC(C)C(=O)Nc2ccccc2C(C)C)s1. The zero-order chi connectivity index (χ0) is 18.2. The van der Waals surface area contributed by atoms with Gasteiger partial charge in [0.1, 0.15) is 0 Å². The molecule has 7 heteroatoms. The Bertz CT molecular complexity index is 688. The Balaban J connectivity index is 1.92. The van der Waals surface area contributed by atoms with Gasteiger partial charge in [-0.25, -0.2) is 0 Å². The molecule has 0 fully saturated rings. The monoisotopic (exact) mass is 395 g/mol. The first-order valence-electron chi connectivity index (χ1n) is 8.54. The molecular weight excluding hydrogens is 370 g/mol. The van der Waals surface area contributed by atoms with Gasteiger partial charge in [0, 0.05) is 11.4 Å². The van der Waals surface area contributed by atoms with E-state index in [0.717, 1.165) is 25.7 Å². The van der Waals surface area contributed by atoms with E-state index in [9.17, 15) is 4.79 Å². The lowest BCUT2D eigenvalue weighted by atomic mass is 10.0. The first-order chi connectivity index (χ1) is 12.0. The predicted octanol–water partition coefficient (Wildman–Crippen LogP) is 5.67. The van der Waals surface area contributed by atoms with Crippen molar-refractivity contribution < 1.29 is 4.79 Å². The summed E-state index contributed by atoms with van der Waals surface area (Å²) in [6.07, 6.45) is 2.36. The van der Waals surface area contributed by atoms with Crippen molar-refractivity contribution in [3.8, 4) is 0 Å². The van der Waals surface area contributed by atoms with Crippen LogP contribution in [-0.4, -0.2) is 27.1 Å². The van der Waals surface area contributed by atoms with E-state index in [2.05, 4.69) is 42.4 Å². The van der Waals surface area contributed by atoms with Crippen LogP contribution in [0.1, 0.15) is 52.0 Å². The molecule has 136 valence electrons. The van der Waals surface area contributed by atoms with Crippen LogP contribution in [0.25, 0.3) is 0 Å². The fourth-order valence-electron chi connectivity index (χ4n) is 2.16. The van der Waals surface area contributed by atoms with Crippen LogP contribution in [0.5, 0.6) is 0 Å². The molecule has 2 rings (SSSR count). The standard InChI is InChI=1S/C18H25N3OS3/c1-5-6-11-23-17-20-21-18(25-17)24-13(4)16(22)19-15-10-8-7-9-14(15)12(2)3/h7-10,12-13H,5-6,11H2,1-4H3,(H,19,22). The molecule has 0 aliphatic rings. The van der Waals surface area contributed by atoms with Gasteiger partial charge in [0.05, 0.1) is 5.25 Å². The zero-order valence-corrected chi connectivity index (χ0v) is 17.6. The number of carbonyl (C=O) groups excluding carboxylic acids is 1. The predicted molar refractivity (Wildman–Crippen MR) is 110 cm³/mol. The quantitative estimate of drug-likeness (QED) is 0.438. The third kappa shape index (κ3) is 6.31. The number of aromatic nitrogens is 2. The van der Waals surface area contributed by atoms with Gasteiger partial charge < -0.3 is 5.32 Å². The number of hydrogen-bond donors (Lipinski definition) is 1. The molecule has 1 heterocycles. The molecule has 1 unspecified atom stereocenters. The highest BCUT2D eigenvalue weighted by Crippen LogP contribution is 2.32. The molecule has 1 atom stereocenters. The van der Waals surface area contributed by atoms with Gasteiger partial charge in [0.15, 0.2) is 8.68 Å². The average molecular weight is 396 g/mol. The van der Waals surface area contributed by atoms with Crippen molar-refractivity contribution in [1.29, 1.82) is 0 Å². The second kappa shape index (κ2) is 10.2. The van der Waals surface area contributed by atoms with E-state index in [1.54, 1.807) is 23.1 Å². The lowest BCUT2D eigenvalue weighted by molar-refractivity contribution is -0.115. The molecule has 1 aromatic heterocycles. The van der Waals surface area contributed by atoms with Gasteiger partial charge >= 0.3 is 0 Å². The second-order valence-corrected chi connectivity index (χ2v) is 9.93. The van der Waals surface area contributed by atoms with Crippen LogP contribution in [0.4, 0.5) is 5.69 Å². The number of anilines is 1. The third-order valence-corrected chi connectivity index (χ3v) is 6.93. The summed E-state index contributed by atoms with van der Waals surface area (Å²) in [5.74, 6) is 1.43. The van der Waals surface area contributed by atoms with Gasteiger partial charge in [0.2, 0.25) is 5.91 Å². The lowest BCUT2D eigenvalue weighted by Crippen LogP contribution is -2.23. The van der Waals surface area contributed by atoms with Crippen LogP contribution in [0.3, 0.4) is 0 Å². The van der Waals surface area contributed by atoms with E-state index in [1.807, 2.05) is 25.1 Å². The molecule has 1 N–H and O–H groups in total. The second-order valence-electron chi connectivity index (χ2n) is 6.03. The summed E-state index contributed by atoms with van der Waals surface area (Å²) in [6.45, 7) is 8.34. The van der Waals surface area contributed by atoms with Gasteiger partial charge in [-0.2, -0.15) is 0 Å². The van der Waals surface area contributed by atoms with Crippen LogP contribution in [0.2, 0.25) is 0 Å². The summed E-state index contributed by atoms with van der Waals surface area (Å²) < 4.78 is 1.83. The van der Waals surface area contributed by atoms with Crippen molar-refractivity contribution in [2.75, 3.05) is 11.1 Å². The summed E-state index contributed by atoms with van der Waals surface area (Å²) in [7, 11) is 0. The van der Waals surface area contributed by atoms with Crippen molar-refractivity contribution in [2.45, 2.75) is 60.4 Å².